The third-order valence-electron chi connectivity index (χ3n) is 2.59. The number of fused-ring (bicyclic) bond motifs is 1. The van der Waals surface area contributed by atoms with Gasteiger partial charge in [0.2, 0.25) is 0 Å². The molecule has 0 spiro atoms. The molecule has 2 rings (SSSR count). The van der Waals surface area contributed by atoms with Crippen LogP contribution in [0.25, 0.3) is 6.08 Å². The van der Waals surface area contributed by atoms with Gasteiger partial charge in [0, 0.05) is 12.1 Å². The van der Waals surface area contributed by atoms with Crippen LogP contribution in [0.15, 0.2) is 35.0 Å². The van der Waals surface area contributed by atoms with Gasteiger partial charge in [-0.25, -0.2) is 4.79 Å². The van der Waals surface area contributed by atoms with Gasteiger partial charge in [0.05, 0.1) is 6.61 Å². The molecule has 0 aliphatic carbocycles. The van der Waals surface area contributed by atoms with Crippen molar-refractivity contribution in [2.45, 2.75) is 20.3 Å². The Morgan fingerprint density at radius 3 is 2.94 bits per heavy atom. The van der Waals surface area contributed by atoms with E-state index in [1.54, 1.807) is 13.0 Å². The van der Waals surface area contributed by atoms with Gasteiger partial charge in [-0.3, -0.25) is 4.99 Å². The molecule has 0 unspecified atom stereocenters. The number of carbonyl (C=O) groups excluding carboxylic acids is 1. The van der Waals surface area contributed by atoms with Gasteiger partial charge in [-0.15, -0.1) is 0 Å². The molecule has 1 aromatic carbocycles. The van der Waals surface area contributed by atoms with Crippen molar-refractivity contribution in [3.05, 3.63) is 41.1 Å². The summed E-state index contributed by atoms with van der Waals surface area (Å²) < 4.78 is 4.99. The van der Waals surface area contributed by atoms with E-state index in [-0.39, 0.29) is 5.97 Å². The van der Waals surface area contributed by atoms with Gasteiger partial charge in [0.15, 0.2) is 0 Å². The highest BCUT2D eigenvalue weighted by Crippen LogP contribution is 2.19. The Kier molecular flexibility index (Phi) is 3.38. The SMILES string of the molecule is CCOC(=O)C1=Cc2ccccc2CC(C)=N1. The fourth-order valence-electron chi connectivity index (χ4n) is 1.85. The first-order chi connectivity index (χ1) is 8.20. The van der Waals surface area contributed by atoms with Gasteiger partial charge < -0.3 is 4.74 Å². The van der Waals surface area contributed by atoms with E-state index < -0.39 is 0 Å². The van der Waals surface area contributed by atoms with Gasteiger partial charge in [-0.2, -0.15) is 0 Å². The highest BCUT2D eigenvalue weighted by atomic mass is 16.5. The van der Waals surface area contributed by atoms with E-state index in [0.717, 1.165) is 17.7 Å². The largest absolute Gasteiger partial charge is 0.461 e. The van der Waals surface area contributed by atoms with Crippen molar-refractivity contribution in [2.75, 3.05) is 6.61 Å². The normalized spacial score (nSPS) is 14.2. The van der Waals surface area contributed by atoms with Gasteiger partial charge in [-0.1, -0.05) is 24.3 Å². The number of hydrogen-bond acceptors (Lipinski definition) is 3. The summed E-state index contributed by atoms with van der Waals surface area (Å²) in [6.07, 6.45) is 2.57. The summed E-state index contributed by atoms with van der Waals surface area (Å²) in [6, 6.07) is 8.00. The van der Waals surface area contributed by atoms with Crippen LogP contribution in [-0.2, 0) is 16.0 Å². The van der Waals surface area contributed by atoms with Crippen molar-refractivity contribution in [3.63, 3.8) is 0 Å². The van der Waals surface area contributed by atoms with Crippen molar-refractivity contribution < 1.29 is 9.53 Å². The van der Waals surface area contributed by atoms with Crippen LogP contribution in [0.5, 0.6) is 0 Å². The first-order valence-corrected chi connectivity index (χ1v) is 5.71. The number of rotatable bonds is 2. The number of nitrogens with zero attached hydrogens (tertiary/aromatic N) is 1. The van der Waals surface area contributed by atoms with Crippen LogP contribution in [0.2, 0.25) is 0 Å². The lowest BCUT2D eigenvalue weighted by atomic mass is 10.0. The van der Waals surface area contributed by atoms with Gasteiger partial charge in [0.25, 0.3) is 0 Å². The molecule has 1 aliphatic heterocycles. The first kappa shape index (κ1) is 11.6. The highest BCUT2D eigenvalue weighted by molar-refractivity contribution is 5.99. The Labute approximate surface area is 101 Å². The predicted molar refractivity (Wildman–Crippen MR) is 67.9 cm³/mol. The molecule has 3 heteroatoms. The fourth-order valence-corrected chi connectivity index (χ4v) is 1.85. The lowest BCUT2D eigenvalue weighted by Gasteiger charge is -2.02. The average Bonchev–Trinajstić information content (AvgIpc) is 2.47. The minimum absolute atomic E-state index is 0.358. The molecule has 88 valence electrons. The van der Waals surface area contributed by atoms with Crippen molar-refractivity contribution in [2.24, 2.45) is 4.99 Å². The van der Waals surface area contributed by atoms with E-state index in [2.05, 4.69) is 11.1 Å². The third-order valence-corrected chi connectivity index (χ3v) is 2.59. The number of carbonyl (C=O) groups is 1. The van der Waals surface area contributed by atoms with E-state index in [4.69, 9.17) is 4.74 Å². The molecule has 1 aliphatic rings. The standard InChI is InChI=1S/C14H15NO2/c1-3-17-14(16)13-9-12-7-5-4-6-11(12)8-10(2)15-13/h4-7,9H,3,8H2,1-2H3. The molecule has 3 nitrogen and oxygen atoms in total. The number of hydrogen-bond donors (Lipinski definition) is 0. The maximum Gasteiger partial charge on any atom is 0.356 e. The minimum atomic E-state index is -0.358. The summed E-state index contributed by atoms with van der Waals surface area (Å²) in [6.45, 7) is 4.08. The number of esters is 1. The summed E-state index contributed by atoms with van der Waals surface area (Å²) in [7, 11) is 0. The molecule has 0 saturated carbocycles. The zero-order valence-corrected chi connectivity index (χ0v) is 10.1. The lowest BCUT2D eigenvalue weighted by molar-refractivity contribution is -0.138. The van der Waals surface area contributed by atoms with Crippen LogP contribution in [0.3, 0.4) is 0 Å². The van der Waals surface area contributed by atoms with E-state index in [1.165, 1.54) is 5.56 Å². The minimum Gasteiger partial charge on any atom is -0.461 e. The Morgan fingerprint density at radius 1 is 1.41 bits per heavy atom. The number of ether oxygens (including phenoxy) is 1. The van der Waals surface area contributed by atoms with Crippen molar-refractivity contribution in [1.82, 2.24) is 0 Å². The van der Waals surface area contributed by atoms with Crippen LogP contribution in [-0.4, -0.2) is 18.3 Å². The molecule has 0 atom stereocenters. The van der Waals surface area contributed by atoms with E-state index in [1.807, 2.05) is 25.1 Å². The van der Waals surface area contributed by atoms with Crippen molar-refractivity contribution >= 4 is 17.8 Å². The topological polar surface area (TPSA) is 38.7 Å². The Bertz CT molecular complexity index is 501. The van der Waals surface area contributed by atoms with Crippen molar-refractivity contribution in [1.29, 1.82) is 0 Å². The van der Waals surface area contributed by atoms with Crippen LogP contribution in [0, 0.1) is 0 Å². The molecule has 0 radical (unpaired) electrons. The molecule has 0 amide bonds. The monoisotopic (exact) mass is 229 g/mol. The zero-order valence-electron chi connectivity index (χ0n) is 10.1. The summed E-state index contributed by atoms with van der Waals surface area (Å²) in [5.41, 5.74) is 3.53. The summed E-state index contributed by atoms with van der Waals surface area (Å²) >= 11 is 0. The summed E-state index contributed by atoms with van der Waals surface area (Å²) in [5.74, 6) is -0.358. The molecule has 17 heavy (non-hydrogen) atoms. The number of aliphatic imine (C=N–C) groups is 1. The first-order valence-electron chi connectivity index (χ1n) is 5.71. The molecule has 0 aromatic heterocycles. The quantitative estimate of drug-likeness (QED) is 0.731. The third kappa shape index (κ3) is 2.61. The van der Waals surface area contributed by atoms with E-state index in [9.17, 15) is 4.79 Å². The van der Waals surface area contributed by atoms with E-state index >= 15 is 0 Å². The molecule has 0 bridgehead atoms. The second-order valence-electron chi connectivity index (χ2n) is 3.97. The second kappa shape index (κ2) is 4.95. The predicted octanol–water partition coefficient (Wildman–Crippen LogP) is 2.61. The maximum atomic E-state index is 11.7. The fraction of sp³-hybridized carbons (Fsp3) is 0.286. The van der Waals surface area contributed by atoms with Crippen LogP contribution >= 0.6 is 0 Å². The smallest absolute Gasteiger partial charge is 0.356 e. The van der Waals surface area contributed by atoms with E-state index in [0.29, 0.717) is 12.3 Å². The average molecular weight is 229 g/mol. The van der Waals surface area contributed by atoms with Gasteiger partial charge in [-0.05, 0) is 31.1 Å². The molecular formula is C14H15NO2. The molecule has 0 N–H and O–H groups in total. The highest BCUT2D eigenvalue weighted by Gasteiger charge is 2.14. The summed E-state index contributed by atoms with van der Waals surface area (Å²) in [5, 5.41) is 0. The molecule has 1 heterocycles. The Hall–Kier alpha value is -1.90. The molecule has 1 aromatic rings. The molecule has 0 saturated heterocycles. The van der Waals surface area contributed by atoms with Gasteiger partial charge in [0.1, 0.15) is 5.70 Å². The van der Waals surface area contributed by atoms with Crippen LogP contribution in [0.1, 0.15) is 25.0 Å². The van der Waals surface area contributed by atoms with Gasteiger partial charge >= 0.3 is 5.97 Å². The van der Waals surface area contributed by atoms with Crippen LogP contribution in [0.4, 0.5) is 0 Å². The Morgan fingerprint density at radius 2 is 2.18 bits per heavy atom. The second-order valence-corrected chi connectivity index (χ2v) is 3.97. The molecule has 0 fully saturated rings. The maximum absolute atomic E-state index is 11.7. The number of benzene rings is 1. The lowest BCUT2D eigenvalue weighted by Crippen LogP contribution is -2.07. The Balaban J connectivity index is 2.42. The molecular weight excluding hydrogens is 214 g/mol. The summed E-state index contributed by atoms with van der Waals surface area (Å²) in [4.78, 5) is 16.0. The van der Waals surface area contributed by atoms with Crippen molar-refractivity contribution in [3.8, 4) is 0 Å². The zero-order chi connectivity index (χ0) is 12.3. The van der Waals surface area contributed by atoms with Crippen LogP contribution < -0.4 is 0 Å².